The van der Waals surface area contributed by atoms with Crippen LogP contribution in [0.5, 0.6) is 5.75 Å². The predicted molar refractivity (Wildman–Crippen MR) is 91.6 cm³/mol. The van der Waals surface area contributed by atoms with Gasteiger partial charge in [0.1, 0.15) is 17.2 Å². The van der Waals surface area contributed by atoms with E-state index >= 15 is 0 Å². The smallest absolute Gasteiger partial charge is 0.407 e. The summed E-state index contributed by atoms with van der Waals surface area (Å²) in [5, 5.41) is 2.43. The van der Waals surface area contributed by atoms with Crippen LogP contribution in [0, 0.1) is 5.82 Å². The van der Waals surface area contributed by atoms with E-state index in [9.17, 15) is 18.8 Å². The van der Waals surface area contributed by atoms with Gasteiger partial charge in [0.05, 0.1) is 0 Å². The molecule has 0 aromatic heterocycles. The van der Waals surface area contributed by atoms with Gasteiger partial charge >= 0.3 is 6.09 Å². The number of benzene rings is 1. The van der Waals surface area contributed by atoms with Crippen LogP contribution in [0.15, 0.2) is 24.3 Å². The van der Waals surface area contributed by atoms with Gasteiger partial charge in [-0.05, 0) is 52.0 Å². The van der Waals surface area contributed by atoms with Crippen molar-refractivity contribution in [2.45, 2.75) is 45.8 Å². The minimum atomic E-state index is -0.902. The van der Waals surface area contributed by atoms with Crippen molar-refractivity contribution < 1.29 is 28.2 Å². The van der Waals surface area contributed by atoms with Crippen molar-refractivity contribution in [1.29, 1.82) is 0 Å². The molecule has 0 aliphatic rings. The third-order valence-electron chi connectivity index (χ3n) is 2.84. The first-order chi connectivity index (χ1) is 12.1. The average Bonchev–Trinajstić information content (AvgIpc) is 2.53. The van der Waals surface area contributed by atoms with Gasteiger partial charge in [0.2, 0.25) is 5.91 Å². The molecule has 3 N–H and O–H groups in total. The van der Waals surface area contributed by atoms with Gasteiger partial charge in [-0.25, -0.2) is 9.18 Å². The Bertz CT molecular complexity index is 628. The van der Waals surface area contributed by atoms with Gasteiger partial charge in [0.25, 0.3) is 5.91 Å². The predicted octanol–water partition coefficient (Wildman–Crippen LogP) is 1.66. The van der Waals surface area contributed by atoms with E-state index in [-0.39, 0.29) is 13.0 Å². The molecule has 1 aromatic carbocycles. The third kappa shape index (κ3) is 8.86. The van der Waals surface area contributed by atoms with Crippen LogP contribution >= 0.6 is 0 Å². The van der Waals surface area contributed by atoms with Crippen LogP contribution in [0.2, 0.25) is 0 Å². The van der Waals surface area contributed by atoms with Crippen molar-refractivity contribution in [2.75, 3.05) is 6.54 Å². The molecule has 0 saturated heterocycles. The highest BCUT2D eigenvalue weighted by Gasteiger charge is 2.17. The Balaban J connectivity index is 2.25. The summed E-state index contributed by atoms with van der Waals surface area (Å²) >= 11 is 0. The lowest BCUT2D eigenvalue weighted by atomic mass is 10.2. The molecular formula is C17H24FN3O5. The van der Waals surface area contributed by atoms with E-state index in [4.69, 9.17) is 9.47 Å². The molecule has 1 aromatic rings. The lowest BCUT2D eigenvalue weighted by Gasteiger charge is -2.19. The SMILES string of the molecule is C[C@@H](Oc1ccc(F)cc1)C(=O)NNC(=O)CCNC(=O)OC(C)(C)C. The van der Waals surface area contributed by atoms with E-state index in [2.05, 4.69) is 16.2 Å². The summed E-state index contributed by atoms with van der Waals surface area (Å²) in [7, 11) is 0. The number of hydrazine groups is 1. The molecule has 0 unspecified atom stereocenters. The van der Waals surface area contributed by atoms with Crippen molar-refractivity contribution in [3.05, 3.63) is 30.1 Å². The summed E-state index contributed by atoms with van der Waals surface area (Å²) in [5.41, 5.74) is 3.79. The van der Waals surface area contributed by atoms with Crippen molar-refractivity contribution in [3.63, 3.8) is 0 Å². The number of ether oxygens (including phenoxy) is 2. The van der Waals surface area contributed by atoms with E-state index in [1.807, 2.05) is 0 Å². The first kappa shape index (κ1) is 21.2. The van der Waals surface area contributed by atoms with E-state index < -0.39 is 35.4 Å². The second kappa shape index (κ2) is 9.59. The van der Waals surface area contributed by atoms with Gasteiger partial charge in [-0.2, -0.15) is 0 Å². The molecule has 0 radical (unpaired) electrons. The Kier molecular flexibility index (Phi) is 7.82. The number of alkyl carbamates (subject to hydrolysis) is 1. The minimum absolute atomic E-state index is 0.0489. The highest BCUT2D eigenvalue weighted by atomic mass is 19.1. The van der Waals surface area contributed by atoms with Crippen LogP contribution in [-0.2, 0) is 14.3 Å². The Hall–Kier alpha value is -2.84. The zero-order valence-corrected chi connectivity index (χ0v) is 15.2. The van der Waals surface area contributed by atoms with E-state index in [0.29, 0.717) is 5.75 Å². The molecule has 0 saturated carbocycles. The topological polar surface area (TPSA) is 106 Å². The number of rotatable bonds is 6. The van der Waals surface area contributed by atoms with Gasteiger partial charge in [0.15, 0.2) is 6.10 Å². The summed E-state index contributed by atoms with van der Waals surface area (Å²) in [6, 6.07) is 5.19. The molecule has 3 amide bonds. The Morgan fingerprint density at radius 1 is 1.12 bits per heavy atom. The highest BCUT2D eigenvalue weighted by molar-refractivity contribution is 5.84. The van der Waals surface area contributed by atoms with Crippen molar-refractivity contribution in [1.82, 2.24) is 16.2 Å². The number of hydrogen-bond donors (Lipinski definition) is 3. The molecule has 0 fully saturated rings. The molecule has 8 nitrogen and oxygen atoms in total. The fraction of sp³-hybridized carbons (Fsp3) is 0.471. The van der Waals surface area contributed by atoms with Gasteiger partial charge in [-0.1, -0.05) is 0 Å². The van der Waals surface area contributed by atoms with Crippen LogP contribution in [-0.4, -0.2) is 36.2 Å². The second-order valence-corrected chi connectivity index (χ2v) is 6.43. The highest BCUT2D eigenvalue weighted by Crippen LogP contribution is 2.12. The number of carbonyl (C=O) groups is 3. The molecule has 0 spiro atoms. The molecule has 26 heavy (non-hydrogen) atoms. The van der Waals surface area contributed by atoms with Crippen molar-refractivity contribution in [3.8, 4) is 5.75 Å². The van der Waals surface area contributed by atoms with Crippen molar-refractivity contribution in [2.24, 2.45) is 0 Å². The summed E-state index contributed by atoms with van der Waals surface area (Å²) in [6.45, 7) is 6.71. The zero-order chi connectivity index (χ0) is 19.7. The van der Waals surface area contributed by atoms with Gasteiger partial charge < -0.3 is 14.8 Å². The largest absolute Gasteiger partial charge is 0.481 e. The number of hydrogen-bond acceptors (Lipinski definition) is 5. The maximum atomic E-state index is 12.8. The molecule has 0 heterocycles. The maximum absolute atomic E-state index is 12.8. The van der Waals surface area contributed by atoms with Gasteiger partial charge in [-0.3, -0.25) is 20.4 Å². The molecule has 0 aliphatic carbocycles. The Morgan fingerprint density at radius 3 is 2.31 bits per heavy atom. The molecular weight excluding hydrogens is 345 g/mol. The summed E-state index contributed by atoms with van der Waals surface area (Å²) < 4.78 is 23.1. The van der Waals surface area contributed by atoms with Crippen molar-refractivity contribution >= 4 is 17.9 Å². The molecule has 1 atom stereocenters. The fourth-order valence-electron chi connectivity index (χ4n) is 1.66. The first-order valence-electron chi connectivity index (χ1n) is 8.04. The van der Waals surface area contributed by atoms with E-state index in [0.717, 1.165) is 0 Å². The molecule has 0 aliphatic heterocycles. The van der Waals surface area contributed by atoms with Gasteiger partial charge in [-0.15, -0.1) is 0 Å². The van der Waals surface area contributed by atoms with Gasteiger partial charge in [0, 0.05) is 13.0 Å². The van der Waals surface area contributed by atoms with Crippen LogP contribution in [0.25, 0.3) is 0 Å². The first-order valence-corrected chi connectivity index (χ1v) is 8.04. The Labute approximate surface area is 151 Å². The Morgan fingerprint density at radius 2 is 1.73 bits per heavy atom. The van der Waals surface area contributed by atoms with Crippen LogP contribution in [0.4, 0.5) is 9.18 Å². The molecule has 0 bridgehead atoms. The standard InChI is InChI=1S/C17H24FN3O5/c1-11(25-13-7-5-12(18)6-8-13)15(23)21-20-14(22)9-10-19-16(24)26-17(2,3)4/h5-8,11H,9-10H2,1-4H3,(H,19,24)(H,20,22)(H,21,23)/t11-/m1/s1. The number of nitrogens with one attached hydrogen (secondary N) is 3. The second-order valence-electron chi connectivity index (χ2n) is 6.43. The summed E-state index contributed by atoms with van der Waals surface area (Å²) in [6.07, 6.45) is -1.58. The summed E-state index contributed by atoms with van der Waals surface area (Å²) in [5.74, 6) is -1.17. The number of carbonyl (C=O) groups excluding carboxylic acids is 3. The summed E-state index contributed by atoms with van der Waals surface area (Å²) in [4.78, 5) is 34.9. The molecule has 144 valence electrons. The lowest BCUT2D eigenvalue weighted by molar-refractivity contribution is -0.132. The minimum Gasteiger partial charge on any atom is -0.481 e. The third-order valence-corrected chi connectivity index (χ3v) is 2.84. The monoisotopic (exact) mass is 369 g/mol. The van der Waals surface area contributed by atoms with Crippen LogP contribution in [0.3, 0.4) is 0 Å². The number of halogens is 1. The zero-order valence-electron chi connectivity index (χ0n) is 15.2. The molecule has 1 rings (SSSR count). The lowest BCUT2D eigenvalue weighted by Crippen LogP contribution is -2.47. The fourth-order valence-corrected chi connectivity index (χ4v) is 1.66. The quantitative estimate of drug-likeness (QED) is 0.661. The maximum Gasteiger partial charge on any atom is 0.407 e. The van der Waals surface area contributed by atoms with E-state index in [1.165, 1.54) is 31.2 Å². The molecule has 9 heteroatoms. The normalized spacial score (nSPS) is 11.9. The average molecular weight is 369 g/mol. The van der Waals surface area contributed by atoms with Crippen LogP contribution < -0.4 is 20.9 Å². The van der Waals surface area contributed by atoms with Crippen LogP contribution in [0.1, 0.15) is 34.1 Å². The number of amides is 3. The van der Waals surface area contributed by atoms with E-state index in [1.54, 1.807) is 20.8 Å².